The molecule has 0 N–H and O–H groups in total. The predicted octanol–water partition coefficient (Wildman–Crippen LogP) is 5.12. The van der Waals surface area contributed by atoms with Crippen molar-refractivity contribution < 1.29 is 0 Å². The van der Waals surface area contributed by atoms with Crippen molar-refractivity contribution in [3.05, 3.63) is 23.5 Å². The molecule has 1 aromatic rings. The van der Waals surface area contributed by atoms with Crippen LogP contribution in [0.4, 0.5) is 0 Å². The highest BCUT2D eigenvalue weighted by molar-refractivity contribution is 5.23. The molecule has 0 saturated carbocycles. The largest absolute Gasteiger partial charge is 0.155 e. The highest BCUT2D eigenvalue weighted by Gasteiger charge is 2.38. The molecule has 0 atom stereocenters. The molecule has 0 spiro atoms. The van der Waals surface area contributed by atoms with Crippen LogP contribution in [0.5, 0.6) is 0 Å². The summed E-state index contributed by atoms with van der Waals surface area (Å²) in [7, 11) is 0. The van der Waals surface area contributed by atoms with Gasteiger partial charge in [-0.2, -0.15) is 10.2 Å². The third-order valence-electron chi connectivity index (χ3n) is 5.70. The Morgan fingerprint density at radius 2 is 0.800 bits per heavy atom. The zero-order valence-corrected chi connectivity index (χ0v) is 15.0. The molecule has 2 heteroatoms. The highest BCUT2D eigenvalue weighted by atomic mass is 15.1. The third kappa shape index (κ3) is 2.89. The first-order valence-corrected chi connectivity index (χ1v) is 7.56. The Bertz CT molecular complexity index is 409. The van der Waals surface area contributed by atoms with Crippen LogP contribution in [0.15, 0.2) is 12.1 Å². The van der Waals surface area contributed by atoms with Gasteiger partial charge in [-0.1, -0.05) is 69.2 Å². The van der Waals surface area contributed by atoms with Crippen molar-refractivity contribution in [2.45, 2.75) is 80.1 Å². The van der Waals surface area contributed by atoms with Crippen LogP contribution in [0.2, 0.25) is 0 Å². The van der Waals surface area contributed by atoms with Gasteiger partial charge in [-0.15, -0.1) is 0 Å². The maximum atomic E-state index is 4.55. The summed E-state index contributed by atoms with van der Waals surface area (Å²) in [5.74, 6) is 0. The minimum absolute atomic E-state index is 0.00437. The fourth-order valence-corrected chi connectivity index (χ4v) is 1.77. The normalized spacial score (nSPS) is 14.5. The van der Waals surface area contributed by atoms with Crippen LogP contribution in [-0.2, 0) is 10.8 Å². The summed E-state index contributed by atoms with van der Waals surface area (Å²) in [4.78, 5) is 0. The maximum Gasteiger partial charge on any atom is 0.0692 e. The minimum atomic E-state index is 0.00437. The number of nitrogens with zero attached hydrogens (tertiary/aromatic N) is 2. The van der Waals surface area contributed by atoms with E-state index in [2.05, 4.69) is 91.6 Å². The zero-order chi connectivity index (χ0) is 16.0. The van der Waals surface area contributed by atoms with Crippen molar-refractivity contribution in [2.75, 3.05) is 0 Å². The molecule has 0 bridgehead atoms. The smallest absolute Gasteiger partial charge is 0.0692 e. The summed E-state index contributed by atoms with van der Waals surface area (Å²) < 4.78 is 0. The van der Waals surface area contributed by atoms with Gasteiger partial charge in [0.05, 0.1) is 11.4 Å². The molecule has 0 fully saturated rings. The van der Waals surface area contributed by atoms with Crippen LogP contribution in [0, 0.1) is 10.8 Å². The van der Waals surface area contributed by atoms with Crippen molar-refractivity contribution >= 4 is 0 Å². The van der Waals surface area contributed by atoms with Gasteiger partial charge in [0.2, 0.25) is 0 Å². The van der Waals surface area contributed by atoms with Crippen molar-refractivity contribution in [2.24, 2.45) is 10.8 Å². The summed E-state index contributed by atoms with van der Waals surface area (Å²) in [6, 6.07) is 4.31. The molecule has 1 rings (SSSR count). The van der Waals surface area contributed by atoms with Gasteiger partial charge in [0.25, 0.3) is 0 Å². The van der Waals surface area contributed by atoms with Crippen molar-refractivity contribution in [3.63, 3.8) is 0 Å². The summed E-state index contributed by atoms with van der Waals surface area (Å²) in [6.45, 7) is 22.5. The average Bonchev–Trinajstić information content (AvgIpc) is 2.26. The van der Waals surface area contributed by atoms with Crippen LogP contribution >= 0.6 is 0 Å². The van der Waals surface area contributed by atoms with E-state index in [0.717, 1.165) is 11.4 Å². The Morgan fingerprint density at radius 3 is 0.950 bits per heavy atom. The standard InChI is InChI=1S/C18H32N2/c1-15(2,3)17(7,8)13-11-12-14(20-19-13)18(9,10)16(4,5)6/h11-12H,1-10H3. The maximum absolute atomic E-state index is 4.55. The molecule has 0 aromatic carbocycles. The average molecular weight is 276 g/mol. The second kappa shape index (κ2) is 4.82. The zero-order valence-electron chi connectivity index (χ0n) is 15.0. The first kappa shape index (κ1) is 17.1. The van der Waals surface area contributed by atoms with Crippen LogP contribution < -0.4 is 0 Å². The van der Waals surface area contributed by atoms with E-state index >= 15 is 0 Å². The molecule has 0 saturated heterocycles. The Balaban J connectivity index is 3.20. The lowest BCUT2D eigenvalue weighted by Gasteiger charge is -2.40. The first-order valence-electron chi connectivity index (χ1n) is 7.56. The van der Waals surface area contributed by atoms with E-state index in [-0.39, 0.29) is 21.7 Å². The van der Waals surface area contributed by atoms with E-state index in [0.29, 0.717) is 0 Å². The predicted molar refractivity (Wildman–Crippen MR) is 87.0 cm³/mol. The number of aromatic nitrogens is 2. The Labute approximate surface area is 125 Å². The van der Waals surface area contributed by atoms with E-state index in [1.807, 2.05) is 0 Å². The van der Waals surface area contributed by atoms with Crippen LogP contribution in [0.3, 0.4) is 0 Å². The molecule has 2 nitrogen and oxygen atoms in total. The lowest BCUT2D eigenvalue weighted by Crippen LogP contribution is -2.37. The van der Waals surface area contributed by atoms with Gasteiger partial charge in [0.1, 0.15) is 0 Å². The SMILES string of the molecule is CC(C)(C)C(C)(C)c1ccc(C(C)(C)C(C)(C)C)nn1. The van der Waals surface area contributed by atoms with Gasteiger partial charge in [0, 0.05) is 10.8 Å². The summed E-state index contributed by atoms with van der Waals surface area (Å²) in [5.41, 5.74) is 2.46. The molecule has 0 radical (unpaired) electrons. The second-order valence-corrected chi connectivity index (χ2v) is 9.05. The molecule has 0 unspecified atom stereocenters. The summed E-state index contributed by atoms with van der Waals surface area (Å²) >= 11 is 0. The van der Waals surface area contributed by atoms with Gasteiger partial charge < -0.3 is 0 Å². The molecule has 114 valence electrons. The van der Waals surface area contributed by atoms with E-state index < -0.39 is 0 Å². The van der Waals surface area contributed by atoms with E-state index in [1.54, 1.807) is 0 Å². The van der Waals surface area contributed by atoms with Gasteiger partial charge in [0.15, 0.2) is 0 Å². The topological polar surface area (TPSA) is 25.8 Å². The minimum Gasteiger partial charge on any atom is -0.155 e. The molecular formula is C18H32N2. The van der Waals surface area contributed by atoms with Gasteiger partial charge in [-0.25, -0.2) is 0 Å². The number of rotatable bonds is 2. The molecule has 0 amide bonds. The lowest BCUT2D eigenvalue weighted by molar-refractivity contribution is 0.209. The summed E-state index contributed by atoms with van der Waals surface area (Å²) in [5, 5.41) is 9.09. The fourth-order valence-electron chi connectivity index (χ4n) is 1.77. The molecule has 0 aliphatic carbocycles. The van der Waals surface area contributed by atoms with E-state index in [4.69, 9.17) is 0 Å². The number of hydrogen-bond acceptors (Lipinski definition) is 2. The molecule has 1 heterocycles. The Morgan fingerprint density at radius 1 is 0.550 bits per heavy atom. The van der Waals surface area contributed by atoms with E-state index in [9.17, 15) is 0 Å². The summed E-state index contributed by atoms with van der Waals surface area (Å²) in [6.07, 6.45) is 0. The fraction of sp³-hybridized carbons (Fsp3) is 0.778. The Kier molecular flexibility index (Phi) is 4.13. The Hall–Kier alpha value is -0.920. The molecule has 1 aromatic heterocycles. The van der Waals surface area contributed by atoms with Crippen molar-refractivity contribution in [1.82, 2.24) is 10.2 Å². The second-order valence-electron chi connectivity index (χ2n) is 9.05. The molecular weight excluding hydrogens is 244 g/mol. The highest BCUT2D eigenvalue weighted by Crippen LogP contribution is 2.42. The lowest BCUT2D eigenvalue weighted by atomic mass is 9.66. The first-order chi connectivity index (χ1) is 8.71. The van der Waals surface area contributed by atoms with Crippen LogP contribution in [0.25, 0.3) is 0 Å². The molecule has 0 aliphatic rings. The van der Waals surface area contributed by atoms with Gasteiger partial charge >= 0.3 is 0 Å². The van der Waals surface area contributed by atoms with Crippen molar-refractivity contribution in [1.29, 1.82) is 0 Å². The quantitative estimate of drug-likeness (QED) is 0.749. The van der Waals surface area contributed by atoms with Crippen LogP contribution in [-0.4, -0.2) is 10.2 Å². The van der Waals surface area contributed by atoms with E-state index in [1.165, 1.54) is 0 Å². The number of hydrogen-bond donors (Lipinski definition) is 0. The van der Waals surface area contributed by atoms with Gasteiger partial charge in [-0.05, 0) is 23.0 Å². The molecule has 0 aliphatic heterocycles. The monoisotopic (exact) mass is 276 g/mol. The van der Waals surface area contributed by atoms with Crippen molar-refractivity contribution in [3.8, 4) is 0 Å². The van der Waals surface area contributed by atoms with Crippen LogP contribution in [0.1, 0.15) is 80.6 Å². The third-order valence-corrected chi connectivity index (χ3v) is 5.70. The molecule has 20 heavy (non-hydrogen) atoms. The van der Waals surface area contributed by atoms with Gasteiger partial charge in [-0.3, -0.25) is 0 Å².